The number of hydrogen-bond acceptors (Lipinski definition) is 7. The van der Waals surface area contributed by atoms with Gasteiger partial charge in [0.1, 0.15) is 35.4 Å². The van der Waals surface area contributed by atoms with Crippen molar-refractivity contribution in [2.24, 2.45) is 0 Å². The first-order chi connectivity index (χ1) is 13.6. The van der Waals surface area contributed by atoms with Crippen molar-refractivity contribution in [3.63, 3.8) is 0 Å². The third-order valence-electron chi connectivity index (χ3n) is 3.87. The minimum Gasteiger partial charge on any atom is -0.497 e. The number of aromatic nitrogens is 2. The van der Waals surface area contributed by atoms with E-state index in [0.717, 1.165) is 0 Å². The van der Waals surface area contributed by atoms with Gasteiger partial charge in [-0.2, -0.15) is 5.26 Å². The Hall–Kier alpha value is -4.12. The van der Waals surface area contributed by atoms with Crippen LogP contribution < -0.4 is 20.1 Å². The van der Waals surface area contributed by atoms with Crippen molar-refractivity contribution in [2.45, 2.75) is 0 Å². The summed E-state index contributed by atoms with van der Waals surface area (Å²) in [6.07, 6.45) is 1.28. The van der Waals surface area contributed by atoms with Gasteiger partial charge in [0, 0.05) is 12.1 Å². The molecule has 0 aliphatic rings. The van der Waals surface area contributed by atoms with Gasteiger partial charge in [0.15, 0.2) is 0 Å². The van der Waals surface area contributed by atoms with Gasteiger partial charge in [0.2, 0.25) is 0 Å². The van der Waals surface area contributed by atoms with Gasteiger partial charge in [0.05, 0.1) is 31.2 Å². The maximum Gasteiger partial charge on any atom is 0.274 e. The van der Waals surface area contributed by atoms with Crippen molar-refractivity contribution in [2.75, 3.05) is 24.9 Å². The van der Waals surface area contributed by atoms with E-state index < -0.39 is 5.91 Å². The Balaban J connectivity index is 1.81. The van der Waals surface area contributed by atoms with Gasteiger partial charge in [-0.25, -0.2) is 9.97 Å². The lowest BCUT2D eigenvalue weighted by Crippen LogP contribution is -2.15. The van der Waals surface area contributed by atoms with Crippen LogP contribution in [0.2, 0.25) is 0 Å². The Morgan fingerprint density at radius 1 is 1.04 bits per heavy atom. The Labute approximate surface area is 161 Å². The summed E-state index contributed by atoms with van der Waals surface area (Å²) in [7, 11) is 3.12. The first-order valence-electron chi connectivity index (χ1n) is 8.26. The average molecular weight is 375 g/mol. The van der Waals surface area contributed by atoms with E-state index >= 15 is 0 Å². The lowest BCUT2D eigenvalue weighted by Gasteiger charge is -2.12. The number of carbonyl (C=O) groups excluding carboxylic acids is 1. The van der Waals surface area contributed by atoms with Crippen LogP contribution in [0.1, 0.15) is 16.1 Å². The third kappa shape index (κ3) is 4.16. The predicted molar refractivity (Wildman–Crippen MR) is 104 cm³/mol. The van der Waals surface area contributed by atoms with Gasteiger partial charge < -0.3 is 20.1 Å². The van der Waals surface area contributed by atoms with E-state index in [-0.39, 0.29) is 5.69 Å². The van der Waals surface area contributed by atoms with Gasteiger partial charge >= 0.3 is 0 Å². The Morgan fingerprint density at radius 3 is 2.61 bits per heavy atom. The molecule has 0 saturated heterocycles. The molecule has 2 aromatic carbocycles. The second-order valence-electron chi connectivity index (χ2n) is 5.59. The molecule has 3 aromatic rings. The highest BCUT2D eigenvalue weighted by Gasteiger charge is 2.12. The SMILES string of the molecule is COc1ccc(Nc2cc(C(=O)Nc3ccccc3C#N)ncn2)c(OC)c1. The van der Waals surface area contributed by atoms with Crippen molar-refractivity contribution < 1.29 is 14.3 Å². The number of nitrogens with one attached hydrogen (secondary N) is 2. The van der Waals surface area contributed by atoms with Crippen LogP contribution in [-0.2, 0) is 0 Å². The molecule has 0 bridgehead atoms. The molecule has 0 aliphatic heterocycles. The third-order valence-corrected chi connectivity index (χ3v) is 3.87. The number of nitriles is 1. The summed E-state index contributed by atoms with van der Waals surface area (Å²) in [5.41, 5.74) is 1.59. The molecule has 1 aromatic heterocycles. The molecule has 0 unspecified atom stereocenters. The maximum atomic E-state index is 12.5. The second kappa shape index (κ2) is 8.51. The van der Waals surface area contributed by atoms with Crippen molar-refractivity contribution in [3.8, 4) is 17.6 Å². The van der Waals surface area contributed by atoms with Crippen LogP contribution >= 0.6 is 0 Å². The van der Waals surface area contributed by atoms with Crippen LogP contribution in [0.25, 0.3) is 0 Å². The molecule has 0 fully saturated rings. The topological polar surface area (TPSA) is 109 Å². The quantitative estimate of drug-likeness (QED) is 0.680. The number of hydrogen-bond donors (Lipinski definition) is 2. The van der Waals surface area contributed by atoms with E-state index in [1.54, 1.807) is 56.7 Å². The van der Waals surface area contributed by atoms with Crippen molar-refractivity contribution in [1.29, 1.82) is 5.26 Å². The summed E-state index contributed by atoms with van der Waals surface area (Å²) >= 11 is 0. The molecule has 140 valence electrons. The van der Waals surface area contributed by atoms with Crippen LogP contribution in [-0.4, -0.2) is 30.1 Å². The molecule has 0 spiro atoms. The second-order valence-corrected chi connectivity index (χ2v) is 5.59. The summed E-state index contributed by atoms with van der Waals surface area (Å²) in [5.74, 6) is 1.18. The van der Waals surface area contributed by atoms with Crippen molar-refractivity contribution in [3.05, 3.63) is 66.1 Å². The van der Waals surface area contributed by atoms with Crippen LogP contribution in [0.4, 0.5) is 17.2 Å². The van der Waals surface area contributed by atoms with E-state index in [4.69, 9.17) is 14.7 Å². The van der Waals surface area contributed by atoms with Crippen molar-refractivity contribution in [1.82, 2.24) is 9.97 Å². The molecule has 2 N–H and O–H groups in total. The van der Waals surface area contributed by atoms with E-state index in [9.17, 15) is 4.79 Å². The smallest absolute Gasteiger partial charge is 0.274 e. The molecule has 3 rings (SSSR count). The number of ether oxygens (including phenoxy) is 2. The molecular formula is C20H17N5O3. The van der Waals surface area contributed by atoms with Crippen LogP contribution in [0.3, 0.4) is 0 Å². The number of nitrogens with zero attached hydrogens (tertiary/aromatic N) is 3. The largest absolute Gasteiger partial charge is 0.497 e. The molecule has 1 heterocycles. The number of rotatable bonds is 6. The molecule has 0 radical (unpaired) electrons. The summed E-state index contributed by atoms with van der Waals surface area (Å²) < 4.78 is 10.5. The molecule has 8 heteroatoms. The number of amides is 1. The van der Waals surface area contributed by atoms with E-state index in [1.807, 2.05) is 6.07 Å². The maximum absolute atomic E-state index is 12.5. The highest BCUT2D eigenvalue weighted by Crippen LogP contribution is 2.31. The normalized spacial score (nSPS) is 9.89. The van der Waals surface area contributed by atoms with Gasteiger partial charge in [-0.3, -0.25) is 4.79 Å². The number of benzene rings is 2. The lowest BCUT2D eigenvalue weighted by molar-refractivity contribution is 0.102. The summed E-state index contributed by atoms with van der Waals surface area (Å²) in [6, 6.07) is 15.6. The zero-order chi connectivity index (χ0) is 19.9. The zero-order valence-electron chi connectivity index (χ0n) is 15.3. The van der Waals surface area contributed by atoms with E-state index in [2.05, 4.69) is 20.6 Å². The molecular weight excluding hydrogens is 358 g/mol. The molecule has 0 aliphatic carbocycles. The first kappa shape index (κ1) is 18.7. The number of anilines is 3. The summed E-state index contributed by atoms with van der Waals surface area (Å²) in [5, 5.41) is 14.9. The van der Waals surface area contributed by atoms with E-state index in [1.165, 1.54) is 12.4 Å². The predicted octanol–water partition coefficient (Wildman–Crippen LogP) is 3.36. The van der Waals surface area contributed by atoms with Crippen molar-refractivity contribution >= 4 is 23.1 Å². The standard InChI is InChI=1S/C20H17N5O3/c1-27-14-7-8-16(18(9-14)28-2)24-19-10-17(22-12-23-19)20(26)25-15-6-4-3-5-13(15)11-21/h3-10,12H,1-2H3,(H,25,26)(H,22,23,24). The molecule has 1 amide bonds. The van der Waals surface area contributed by atoms with E-state index in [0.29, 0.717) is 34.3 Å². The van der Waals surface area contributed by atoms with Gasteiger partial charge in [0.25, 0.3) is 5.91 Å². The summed E-state index contributed by atoms with van der Waals surface area (Å²) in [6.45, 7) is 0. The average Bonchev–Trinajstić information content (AvgIpc) is 2.74. The Morgan fingerprint density at radius 2 is 1.86 bits per heavy atom. The van der Waals surface area contributed by atoms with Gasteiger partial charge in [-0.05, 0) is 24.3 Å². The zero-order valence-corrected chi connectivity index (χ0v) is 15.3. The monoisotopic (exact) mass is 375 g/mol. The first-order valence-corrected chi connectivity index (χ1v) is 8.26. The Bertz CT molecular complexity index is 1050. The minimum absolute atomic E-state index is 0.151. The fourth-order valence-corrected chi connectivity index (χ4v) is 2.47. The highest BCUT2D eigenvalue weighted by atomic mass is 16.5. The minimum atomic E-state index is -0.449. The lowest BCUT2D eigenvalue weighted by atomic mass is 10.2. The number of methoxy groups -OCH3 is 2. The van der Waals surface area contributed by atoms with Gasteiger partial charge in [-0.15, -0.1) is 0 Å². The molecule has 0 saturated carbocycles. The fraction of sp³-hybridized carbons (Fsp3) is 0.100. The van der Waals surface area contributed by atoms with Crippen LogP contribution in [0.15, 0.2) is 54.9 Å². The summed E-state index contributed by atoms with van der Waals surface area (Å²) in [4.78, 5) is 20.7. The molecule has 28 heavy (non-hydrogen) atoms. The molecule has 0 atom stereocenters. The van der Waals surface area contributed by atoms with Crippen LogP contribution in [0, 0.1) is 11.3 Å². The van der Waals surface area contributed by atoms with Crippen LogP contribution in [0.5, 0.6) is 11.5 Å². The fourth-order valence-electron chi connectivity index (χ4n) is 2.47. The highest BCUT2D eigenvalue weighted by molar-refractivity contribution is 6.04. The number of para-hydroxylation sites is 1. The Kier molecular flexibility index (Phi) is 5.67. The molecule has 8 nitrogen and oxygen atoms in total. The van der Waals surface area contributed by atoms with Gasteiger partial charge in [-0.1, -0.05) is 12.1 Å². The number of carbonyl (C=O) groups is 1.